The minimum atomic E-state index is -0.636. The highest BCUT2D eigenvalue weighted by molar-refractivity contribution is 6.06. The second-order valence-corrected chi connectivity index (χ2v) is 20.2. The molecule has 20 nitrogen and oxygen atoms in total. The molecule has 0 spiro atoms. The summed E-state index contributed by atoms with van der Waals surface area (Å²) in [5.74, 6) is 1.14. The van der Waals surface area contributed by atoms with E-state index in [1.165, 1.54) is 17.3 Å². The Morgan fingerprint density at radius 2 is 0.867 bits per heavy atom. The molecule has 0 saturated carbocycles. The van der Waals surface area contributed by atoms with Crippen molar-refractivity contribution in [3.63, 3.8) is 0 Å². The fourth-order valence-corrected chi connectivity index (χ4v) is 8.36. The highest BCUT2D eigenvalue weighted by Gasteiger charge is 2.15. The second-order valence-electron chi connectivity index (χ2n) is 20.2. The third-order valence-corrected chi connectivity index (χ3v) is 14.4. The lowest BCUT2D eigenvalue weighted by Crippen LogP contribution is -2.26. The van der Waals surface area contributed by atoms with Crippen molar-refractivity contribution in [3.05, 3.63) is 215 Å². The molecule has 430 valence electrons. The number of nitrogens with one attached hydrogen (secondary N) is 11. The van der Waals surface area contributed by atoms with E-state index >= 15 is 0 Å². The number of imidazole rings is 3. The van der Waals surface area contributed by atoms with Crippen LogP contribution < -0.4 is 43.9 Å². The summed E-state index contributed by atoms with van der Waals surface area (Å²) in [5, 5.41) is 10.9. The van der Waals surface area contributed by atoms with Crippen molar-refractivity contribution in [1.29, 1.82) is 0 Å². The molecule has 6 aromatic carbocycles. The Kier molecular flexibility index (Phi) is 20.7. The van der Waals surface area contributed by atoms with Crippen molar-refractivity contribution < 1.29 is 19.2 Å². The molecule has 4 aromatic heterocycles. The van der Waals surface area contributed by atoms with Crippen LogP contribution >= 0.6 is 0 Å². The predicted molar refractivity (Wildman–Crippen MR) is 329 cm³/mol. The molecule has 20 heteroatoms. The maximum absolute atomic E-state index is 12.3. The highest BCUT2D eigenvalue weighted by Crippen LogP contribution is 2.23. The maximum atomic E-state index is 12.3. The van der Waals surface area contributed by atoms with E-state index in [0.717, 1.165) is 47.8 Å². The van der Waals surface area contributed by atoms with E-state index in [0.29, 0.717) is 68.3 Å². The number of nitrogens with zero attached hydrogens (tertiary/aromatic N) is 1. The fraction of sp³-hybridized carbons (Fsp3) is 0.254. The summed E-state index contributed by atoms with van der Waals surface area (Å²) in [6.45, 7) is 16.7. The van der Waals surface area contributed by atoms with Crippen molar-refractivity contribution in [1.82, 2.24) is 39.9 Å². The first-order valence-electron chi connectivity index (χ1n) is 27.6. The number of para-hydroxylation sites is 2. The topological polar surface area (TPSA) is 308 Å². The third-order valence-electron chi connectivity index (χ3n) is 14.4. The monoisotopic (exact) mass is 1120 g/mol. The molecular weight excluding hydrogens is 1050 g/mol. The lowest BCUT2D eigenvalue weighted by Gasteiger charge is -2.10. The van der Waals surface area contributed by atoms with E-state index in [-0.39, 0.29) is 40.7 Å². The molecule has 0 aliphatic rings. The molecular formula is C63H70N12O8. The van der Waals surface area contributed by atoms with Gasteiger partial charge in [0.25, 0.3) is 23.3 Å². The first-order valence-corrected chi connectivity index (χ1v) is 27.6. The van der Waals surface area contributed by atoms with Crippen LogP contribution in [0.15, 0.2) is 159 Å². The summed E-state index contributed by atoms with van der Waals surface area (Å²) in [6.07, 6.45) is 5.16. The van der Waals surface area contributed by atoms with Gasteiger partial charge < -0.3 is 45.9 Å². The van der Waals surface area contributed by atoms with Gasteiger partial charge in [-0.1, -0.05) is 104 Å². The number of carbonyl (C=O) groups excluding carboxylic acids is 4. The molecule has 0 bridgehead atoms. The van der Waals surface area contributed by atoms with Gasteiger partial charge in [0.2, 0.25) is 11.9 Å². The van der Waals surface area contributed by atoms with Crippen LogP contribution in [0.4, 0.5) is 23.0 Å². The van der Waals surface area contributed by atoms with Gasteiger partial charge in [-0.05, 0) is 145 Å². The average molecular weight is 1120 g/mol. The van der Waals surface area contributed by atoms with Crippen LogP contribution in [0.25, 0.3) is 33.1 Å². The van der Waals surface area contributed by atoms with Crippen molar-refractivity contribution in [2.75, 3.05) is 21.3 Å². The number of carbonyl (C=O) groups is 4. The minimum Gasteiger partial charge on any atom is -0.326 e. The lowest BCUT2D eigenvalue weighted by molar-refractivity contribution is -0.119. The largest absolute Gasteiger partial charge is 0.326 e. The molecule has 0 aliphatic heterocycles. The molecule has 83 heavy (non-hydrogen) atoms. The van der Waals surface area contributed by atoms with Crippen molar-refractivity contribution in [2.24, 2.45) is 5.92 Å². The number of hydrogen-bond acceptors (Lipinski definition) is 9. The highest BCUT2D eigenvalue weighted by atomic mass is 16.2. The van der Waals surface area contributed by atoms with E-state index in [1.807, 2.05) is 104 Å². The standard InChI is InChI=1S/C18H19N3O2.C18H19N3O.C15H17N3O3.C12H15N3O2/c1-3-11(2)12-4-6-13(7-5-12)17(22)19-14-8-9-15-16(10-14)21-18(23)20-15;1-3-12(2)13-8-10-14(11-9-13)17(22)21-18-19-15-6-4-5-7-16(15)20-18;1-3-9(2)10-4-6-11(7-5-10)13(19)17-12-8-16-15(21)18-14(12)20;1-3-7(2)11(16)13-8-4-5-9-10(6-8)15-12(17)14-9/h4-11H,3H2,1-2H3,(H,19,22)(H2,20,21,23);4-12H,3H2,1-2H3,(H2,19,20,21,22);4-9H,3H2,1-2H3,(H,17,19)(H2,16,18,20,21);4-7H,3H2,1-2H3,(H,13,16)(H2,14,15,17). The number of aromatic nitrogens is 8. The van der Waals surface area contributed by atoms with E-state index in [9.17, 15) is 38.4 Å². The normalized spacial score (nSPS) is 12.2. The summed E-state index contributed by atoms with van der Waals surface area (Å²) < 4.78 is 0. The van der Waals surface area contributed by atoms with Gasteiger partial charge in [-0.3, -0.25) is 34.3 Å². The quantitative estimate of drug-likeness (QED) is 0.0464. The van der Waals surface area contributed by atoms with Gasteiger partial charge in [-0.15, -0.1) is 0 Å². The lowest BCUT2D eigenvalue weighted by atomic mass is 9.97. The zero-order valence-electron chi connectivity index (χ0n) is 47.6. The molecule has 4 atom stereocenters. The molecule has 4 heterocycles. The molecule has 0 radical (unpaired) electrons. The predicted octanol–water partition coefficient (Wildman–Crippen LogP) is 11.6. The van der Waals surface area contributed by atoms with E-state index in [4.69, 9.17) is 0 Å². The summed E-state index contributed by atoms with van der Waals surface area (Å²) in [7, 11) is 0. The molecule has 4 amide bonds. The van der Waals surface area contributed by atoms with Crippen LogP contribution in [-0.4, -0.2) is 63.5 Å². The summed E-state index contributed by atoms with van der Waals surface area (Å²) in [6, 6.07) is 40.9. The number of hydrogen-bond donors (Lipinski definition) is 11. The number of anilines is 4. The zero-order chi connectivity index (χ0) is 59.7. The summed E-state index contributed by atoms with van der Waals surface area (Å²) >= 11 is 0. The Bertz CT molecular complexity index is 4040. The maximum Gasteiger partial charge on any atom is 0.325 e. The summed E-state index contributed by atoms with van der Waals surface area (Å²) in [4.78, 5) is 116. The molecule has 0 fully saturated rings. The number of benzene rings is 6. The second kappa shape index (κ2) is 28.3. The van der Waals surface area contributed by atoms with Crippen LogP contribution in [0, 0.1) is 5.92 Å². The third kappa shape index (κ3) is 16.5. The van der Waals surface area contributed by atoms with Gasteiger partial charge in [0.05, 0.1) is 33.1 Å². The van der Waals surface area contributed by atoms with Gasteiger partial charge in [0, 0.05) is 40.2 Å². The average Bonchev–Trinajstić information content (AvgIpc) is 4.32. The smallest absolute Gasteiger partial charge is 0.325 e. The van der Waals surface area contributed by atoms with E-state index < -0.39 is 17.2 Å². The minimum absolute atomic E-state index is 0.00519. The van der Waals surface area contributed by atoms with Gasteiger partial charge in [0.15, 0.2) is 0 Å². The van der Waals surface area contributed by atoms with Crippen molar-refractivity contribution in [2.45, 2.75) is 98.8 Å². The number of amides is 4. The number of aromatic amines is 7. The Labute approximate surface area is 477 Å². The Balaban J connectivity index is 0.000000160. The van der Waals surface area contributed by atoms with Crippen LogP contribution in [0.5, 0.6) is 0 Å². The SMILES string of the molecule is CCC(C)C(=O)Nc1ccc2[nH]c(=O)[nH]c2c1.CCC(C)c1ccc(C(=O)Nc2c[nH]c(=O)[nH]c2=O)cc1.CCC(C)c1ccc(C(=O)Nc2ccc3[nH]c(=O)[nH]c3c2)cc1.CCC(C)c1ccc(C(=O)Nc2nc3ccccc3[nH]2)cc1. The van der Waals surface area contributed by atoms with Crippen LogP contribution in [0.3, 0.4) is 0 Å². The van der Waals surface area contributed by atoms with Crippen LogP contribution in [0.1, 0.15) is 147 Å². The van der Waals surface area contributed by atoms with Gasteiger partial charge in [0.1, 0.15) is 5.69 Å². The zero-order valence-corrected chi connectivity index (χ0v) is 47.6. The first kappa shape index (κ1) is 60.5. The van der Waals surface area contributed by atoms with Gasteiger partial charge in [-0.2, -0.15) is 0 Å². The van der Waals surface area contributed by atoms with Gasteiger partial charge in [-0.25, -0.2) is 19.4 Å². The first-order chi connectivity index (χ1) is 39.8. The Hall–Kier alpha value is -10.1. The van der Waals surface area contributed by atoms with Crippen molar-refractivity contribution >= 4 is 79.7 Å². The Morgan fingerprint density at radius 1 is 0.434 bits per heavy atom. The molecule has 4 unspecified atom stereocenters. The number of fused-ring (bicyclic) bond motifs is 3. The van der Waals surface area contributed by atoms with Gasteiger partial charge >= 0.3 is 17.1 Å². The van der Waals surface area contributed by atoms with Crippen LogP contribution in [0.2, 0.25) is 0 Å². The molecule has 11 N–H and O–H groups in total. The van der Waals surface area contributed by atoms with E-state index in [2.05, 4.69) is 97.7 Å². The molecule has 0 saturated heterocycles. The summed E-state index contributed by atoms with van der Waals surface area (Å²) in [5.41, 5.74) is 9.48. The Morgan fingerprint density at radius 3 is 1.31 bits per heavy atom. The number of H-pyrrole nitrogens is 7. The molecule has 10 aromatic rings. The molecule has 0 aliphatic carbocycles. The molecule has 10 rings (SSSR count). The van der Waals surface area contributed by atoms with Crippen molar-refractivity contribution in [3.8, 4) is 0 Å². The number of rotatable bonds is 15. The van der Waals surface area contributed by atoms with Crippen LogP contribution in [-0.2, 0) is 4.79 Å². The fourth-order valence-electron chi connectivity index (χ4n) is 8.36. The van der Waals surface area contributed by atoms with E-state index in [1.54, 1.807) is 48.5 Å².